The maximum atomic E-state index is 8.75. The van der Waals surface area contributed by atoms with Gasteiger partial charge in [0, 0.05) is 0 Å². The van der Waals surface area contributed by atoms with Crippen LogP contribution in [0.5, 0.6) is 0 Å². The zero-order chi connectivity index (χ0) is 9.84. The molecule has 0 radical (unpaired) electrons. The maximum Gasteiger partial charge on any atom is 0.168 e. The third kappa shape index (κ3) is 2.42. The van der Waals surface area contributed by atoms with Gasteiger partial charge in [-0.2, -0.15) is 5.26 Å². The predicted molar refractivity (Wildman–Crippen MR) is 56.3 cm³/mol. The number of hydrogen-bond acceptors (Lipinski definition) is 2. The van der Waals surface area contributed by atoms with Crippen LogP contribution in [-0.2, 0) is 0 Å². The number of nitriles is 1. The summed E-state index contributed by atoms with van der Waals surface area (Å²) in [6, 6.07) is 7.48. The van der Waals surface area contributed by atoms with Gasteiger partial charge in [0.2, 0.25) is 0 Å². The van der Waals surface area contributed by atoms with E-state index in [1.807, 2.05) is 19.1 Å². The average molecular weight is 191 g/mol. The highest BCUT2D eigenvalue weighted by atomic mass is 32.1. The Balaban J connectivity index is 3.10. The molecule has 0 saturated carbocycles. The summed E-state index contributed by atoms with van der Waals surface area (Å²) in [4.78, 5) is 0. The molecule has 13 heavy (non-hydrogen) atoms. The Labute approximate surface area is 82.2 Å². The Hall–Kier alpha value is -1.60. The molecule has 0 atom stereocenters. The second-order valence-electron chi connectivity index (χ2n) is 2.65. The van der Waals surface area contributed by atoms with Crippen LogP contribution >= 0.6 is 12.2 Å². The molecule has 0 amide bonds. The fourth-order valence-electron chi connectivity index (χ4n) is 0.992. The van der Waals surface area contributed by atoms with Gasteiger partial charge >= 0.3 is 0 Å². The van der Waals surface area contributed by atoms with Gasteiger partial charge in [0.15, 0.2) is 5.11 Å². The summed E-state index contributed by atoms with van der Waals surface area (Å²) < 4.78 is 0. The standard InChI is InChI=1S/C9H9N3S/c1-6-2-3-7(5-10)8(4-6)12-9(11)13/h2-4H,1H3,(H3,11,12,13). The number of anilines is 1. The molecule has 0 aliphatic rings. The molecule has 0 aliphatic carbocycles. The monoisotopic (exact) mass is 191 g/mol. The number of nitrogens with zero attached hydrogens (tertiary/aromatic N) is 1. The molecule has 1 aromatic rings. The summed E-state index contributed by atoms with van der Waals surface area (Å²) in [6.45, 7) is 1.94. The van der Waals surface area contributed by atoms with Crippen LogP contribution in [0.1, 0.15) is 11.1 Å². The van der Waals surface area contributed by atoms with Crippen LogP contribution < -0.4 is 11.1 Å². The third-order valence-corrected chi connectivity index (χ3v) is 1.66. The quantitative estimate of drug-likeness (QED) is 0.661. The summed E-state index contributed by atoms with van der Waals surface area (Å²) >= 11 is 4.69. The van der Waals surface area contributed by atoms with Crippen molar-refractivity contribution in [3.8, 4) is 6.07 Å². The fraction of sp³-hybridized carbons (Fsp3) is 0.111. The highest BCUT2D eigenvalue weighted by molar-refractivity contribution is 7.80. The van der Waals surface area contributed by atoms with Crippen molar-refractivity contribution in [3.63, 3.8) is 0 Å². The van der Waals surface area contributed by atoms with E-state index in [2.05, 4.69) is 23.6 Å². The zero-order valence-electron chi connectivity index (χ0n) is 7.16. The molecular formula is C9H9N3S. The summed E-state index contributed by atoms with van der Waals surface area (Å²) in [5.74, 6) is 0. The first kappa shape index (κ1) is 9.49. The predicted octanol–water partition coefficient (Wildman–Crippen LogP) is 1.52. The molecule has 0 saturated heterocycles. The smallest absolute Gasteiger partial charge is 0.168 e. The van der Waals surface area contributed by atoms with Gasteiger partial charge in [-0.15, -0.1) is 0 Å². The van der Waals surface area contributed by atoms with E-state index >= 15 is 0 Å². The second-order valence-corrected chi connectivity index (χ2v) is 3.09. The number of nitrogens with two attached hydrogens (primary N) is 1. The average Bonchev–Trinajstić information content (AvgIpc) is 2.03. The van der Waals surface area contributed by atoms with Crippen molar-refractivity contribution in [1.29, 1.82) is 5.26 Å². The normalized spacial score (nSPS) is 8.92. The van der Waals surface area contributed by atoms with Gasteiger partial charge in [-0.25, -0.2) is 0 Å². The van der Waals surface area contributed by atoms with Gasteiger partial charge in [-0.05, 0) is 36.8 Å². The van der Waals surface area contributed by atoms with Crippen LogP contribution in [0.25, 0.3) is 0 Å². The molecule has 0 aliphatic heterocycles. The number of aryl methyl sites for hydroxylation is 1. The molecule has 1 rings (SSSR count). The Bertz CT molecular complexity index is 379. The van der Waals surface area contributed by atoms with Crippen LogP contribution in [0.2, 0.25) is 0 Å². The highest BCUT2D eigenvalue weighted by Crippen LogP contribution is 2.15. The molecule has 0 heterocycles. The number of rotatable bonds is 1. The van der Waals surface area contributed by atoms with Crippen molar-refractivity contribution in [2.24, 2.45) is 5.73 Å². The SMILES string of the molecule is Cc1ccc(C#N)c(NC(N)=S)c1. The minimum Gasteiger partial charge on any atom is -0.376 e. The van der Waals surface area contributed by atoms with E-state index in [0.717, 1.165) is 5.56 Å². The lowest BCUT2D eigenvalue weighted by atomic mass is 10.1. The van der Waals surface area contributed by atoms with Gasteiger partial charge < -0.3 is 11.1 Å². The molecule has 3 N–H and O–H groups in total. The van der Waals surface area contributed by atoms with Crippen molar-refractivity contribution in [2.75, 3.05) is 5.32 Å². The van der Waals surface area contributed by atoms with E-state index < -0.39 is 0 Å². The molecule has 0 spiro atoms. The molecule has 4 heteroatoms. The van der Waals surface area contributed by atoms with Crippen molar-refractivity contribution in [3.05, 3.63) is 29.3 Å². The fourth-order valence-corrected chi connectivity index (χ4v) is 1.10. The van der Waals surface area contributed by atoms with Gasteiger partial charge in [0.1, 0.15) is 6.07 Å². The second kappa shape index (κ2) is 3.87. The van der Waals surface area contributed by atoms with Crippen LogP contribution in [-0.4, -0.2) is 5.11 Å². The first-order chi connectivity index (χ1) is 6.13. The van der Waals surface area contributed by atoms with E-state index in [0.29, 0.717) is 11.3 Å². The van der Waals surface area contributed by atoms with E-state index in [1.165, 1.54) is 0 Å². The zero-order valence-corrected chi connectivity index (χ0v) is 7.98. The highest BCUT2D eigenvalue weighted by Gasteiger charge is 2.01. The molecule has 0 aromatic heterocycles. The van der Waals surface area contributed by atoms with Crippen molar-refractivity contribution < 1.29 is 0 Å². The Morgan fingerprint density at radius 3 is 2.85 bits per heavy atom. The molecule has 0 fully saturated rings. The summed E-state index contributed by atoms with van der Waals surface area (Å²) in [5, 5.41) is 11.7. The molecule has 3 nitrogen and oxygen atoms in total. The van der Waals surface area contributed by atoms with Crippen molar-refractivity contribution in [2.45, 2.75) is 6.92 Å². The lowest BCUT2D eigenvalue weighted by Gasteiger charge is -2.06. The summed E-state index contributed by atoms with van der Waals surface area (Å²) in [6.07, 6.45) is 0. The Kier molecular flexibility index (Phi) is 2.83. The lowest BCUT2D eigenvalue weighted by Crippen LogP contribution is -2.19. The molecule has 1 aromatic carbocycles. The molecular weight excluding hydrogens is 182 g/mol. The Morgan fingerprint density at radius 2 is 2.31 bits per heavy atom. The Morgan fingerprint density at radius 1 is 1.62 bits per heavy atom. The number of hydrogen-bond donors (Lipinski definition) is 2. The minimum atomic E-state index is 0.169. The van der Waals surface area contributed by atoms with Gasteiger partial charge in [-0.3, -0.25) is 0 Å². The number of thiocarbonyl (C=S) groups is 1. The molecule has 66 valence electrons. The van der Waals surface area contributed by atoms with Gasteiger partial charge in [0.25, 0.3) is 0 Å². The van der Waals surface area contributed by atoms with Crippen LogP contribution in [0.4, 0.5) is 5.69 Å². The number of nitrogens with one attached hydrogen (secondary N) is 1. The topological polar surface area (TPSA) is 61.8 Å². The summed E-state index contributed by atoms with van der Waals surface area (Å²) in [5.41, 5.74) is 7.56. The maximum absolute atomic E-state index is 8.75. The van der Waals surface area contributed by atoms with Crippen LogP contribution in [0, 0.1) is 18.3 Å². The molecule has 0 bridgehead atoms. The van der Waals surface area contributed by atoms with Gasteiger partial charge in [0.05, 0.1) is 11.3 Å². The van der Waals surface area contributed by atoms with Gasteiger partial charge in [-0.1, -0.05) is 6.07 Å². The first-order valence-corrected chi connectivity index (χ1v) is 4.11. The van der Waals surface area contributed by atoms with Crippen molar-refractivity contribution >= 4 is 23.0 Å². The van der Waals surface area contributed by atoms with Crippen molar-refractivity contribution in [1.82, 2.24) is 0 Å². The van der Waals surface area contributed by atoms with Crippen LogP contribution in [0.3, 0.4) is 0 Å². The lowest BCUT2D eigenvalue weighted by molar-refractivity contribution is 1.42. The summed E-state index contributed by atoms with van der Waals surface area (Å²) in [7, 11) is 0. The van der Waals surface area contributed by atoms with E-state index in [9.17, 15) is 0 Å². The van der Waals surface area contributed by atoms with Crippen LogP contribution in [0.15, 0.2) is 18.2 Å². The van der Waals surface area contributed by atoms with E-state index in [4.69, 9.17) is 11.0 Å². The first-order valence-electron chi connectivity index (χ1n) is 3.70. The third-order valence-electron chi connectivity index (χ3n) is 1.55. The van der Waals surface area contributed by atoms with E-state index in [1.54, 1.807) is 6.07 Å². The van der Waals surface area contributed by atoms with E-state index in [-0.39, 0.29) is 5.11 Å². The number of benzene rings is 1. The molecule has 0 unspecified atom stereocenters. The largest absolute Gasteiger partial charge is 0.376 e. The minimum absolute atomic E-state index is 0.169.